The molecule has 0 radical (unpaired) electrons. The summed E-state index contributed by atoms with van der Waals surface area (Å²) in [5, 5.41) is 10.7. The Balaban J connectivity index is 1.51. The van der Waals surface area contributed by atoms with E-state index in [1.54, 1.807) is 0 Å². The molecule has 1 aromatic rings. The lowest BCUT2D eigenvalue weighted by Gasteiger charge is -2.27. The third-order valence-corrected chi connectivity index (χ3v) is 5.23. The first-order valence-corrected chi connectivity index (χ1v) is 7.74. The van der Waals surface area contributed by atoms with Gasteiger partial charge in [0, 0.05) is 0 Å². The van der Waals surface area contributed by atoms with Gasteiger partial charge in [-0.25, -0.2) is 0 Å². The topological polar surface area (TPSA) is 29.5 Å². The average molecular weight is 258 g/mol. The number of ether oxygens (including phenoxy) is 1. The van der Waals surface area contributed by atoms with Gasteiger partial charge < -0.3 is 9.84 Å². The predicted molar refractivity (Wildman–Crippen MR) is 74.0 cm³/mol. The van der Waals surface area contributed by atoms with Gasteiger partial charge in [0.15, 0.2) is 0 Å². The van der Waals surface area contributed by atoms with E-state index in [-0.39, 0.29) is 6.10 Å². The maximum atomic E-state index is 10.7. The fourth-order valence-corrected chi connectivity index (χ4v) is 4.08. The summed E-state index contributed by atoms with van der Waals surface area (Å²) in [7, 11) is 0. The van der Waals surface area contributed by atoms with Crippen molar-refractivity contribution in [3.05, 3.63) is 29.8 Å². The molecule has 2 bridgehead atoms. The summed E-state index contributed by atoms with van der Waals surface area (Å²) in [6.45, 7) is 0. The number of aliphatic hydroxyl groups is 1. The first-order chi connectivity index (χ1) is 9.29. The van der Waals surface area contributed by atoms with Gasteiger partial charge in [-0.15, -0.1) is 0 Å². The van der Waals surface area contributed by atoms with Crippen molar-refractivity contribution in [2.24, 2.45) is 17.8 Å². The van der Waals surface area contributed by atoms with Crippen LogP contribution in [0.2, 0.25) is 0 Å². The van der Waals surface area contributed by atoms with Crippen molar-refractivity contribution < 1.29 is 9.84 Å². The van der Waals surface area contributed by atoms with Crippen LogP contribution in [0.3, 0.4) is 0 Å². The molecule has 0 spiro atoms. The summed E-state index contributed by atoms with van der Waals surface area (Å²) in [4.78, 5) is 0. The molecular formula is C17H22O2. The standard InChI is InChI=1S/C17H22O2/c18-17(16-9-11-4-5-12(16)8-11)13-2-1-3-15(10-13)19-14-6-7-14/h1-3,10-12,14,16-18H,4-9H2. The van der Waals surface area contributed by atoms with Crippen LogP contribution in [0.5, 0.6) is 5.75 Å². The maximum absolute atomic E-state index is 10.7. The minimum absolute atomic E-state index is 0.293. The number of rotatable bonds is 4. The van der Waals surface area contributed by atoms with Crippen molar-refractivity contribution in [1.82, 2.24) is 0 Å². The molecule has 19 heavy (non-hydrogen) atoms. The van der Waals surface area contributed by atoms with Crippen LogP contribution in [-0.4, -0.2) is 11.2 Å². The highest BCUT2D eigenvalue weighted by Crippen LogP contribution is 2.52. The molecule has 0 aromatic heterocycles. The molecule has 2 nitrogen and oxygen atoms in total. The molecule has 4 rings (SSSR count). The van der Waals surface area contributed by atoms with E-state index in [0.29, 0.717) is 12.0 Å². The highest BCUT2D eigenvalue weighted by atomic mass is 16.5. The number of aliphatic hydroxyl groups excluding tert-OH is 1. The van der Waals surface area contributed by atoms with Crippen LogP contribution in [0.25, 0.3) is 0 Å². The Morgan fingerprint density at radius 3 is 2.68 bits per heavy atom. The van der Waals surface area contributed by atoms with Gasteiger partial charge in [-0.1, -0.05) is 18.6 Å². The van der Waals surface area contributed by atoms with E-state index in [0.717, 1.165) is 23.1 Å². The van der Waals surface area contributed by atoms with Crippen molar-refractivity contribution in [3.63, 3.8) is 0 Å². The molecule has 1 N–H and O–H groups in total. The number of fused-ring (bicyclic) bond motifs is 2. The zero-order valence-corrected chi connectivity index (χ0v) is 11.3. The van der Waals surface area contributed by atoms with E-state index < -0.39 is 0 Å². The van der Waals surface area contributed by atoms with Crippen molar-refractivity contribution in [2.45, 2.75) is 50.7 Å². The first kappa shape index (κ1) is 11.8. The number of hydrogen-bond acceptors (Lipinski definition) is 2. The van der Waals surface area contributed by atoms with Gasteiger partial charge in [0.25, 0.3) is 0 Å². The van der Waals surface area contributed by atoms with Gasteiger partial charge >= 0.3 is 0 Å². The molecule has 2 heteroatoms. The molecule has 1 aromatic carbocycles. The van der Waals surface area contributed by atoms with Crippen LogP contribution in [0.4, 0.5) is 0 Å². The molecular weight excluding hydrogens is 236 g/mol. The zero-order chi connectivity index (χ0) is 12.8. The summed E-state index contributed by atoms with van der Waals surface area (Å²) >= 11 is 0. The second kappa shape index (κ2) is 4.52. The van der Waals surface area contributed by atoms with Crippen LogP contribution in [-0.2, 0) is 0 Å². The number of hydrogen-bond donors (Lipinski definition) is 1. The minimum atomic E-state index is -0.293. The Morgan fingerprint density at radius 1 is 1.11 bits per heavy atom. The van der Waals surface area contributed by atoms with E-state index in [4.69, 9.17) is 4.74 Å². The second-order valence-corrected chi connectivity index (χ2v) is 6.67. The van der Waals surface area contributed by atoms with Crippen molar-refractivity contribution in [2.75, 3.05) is 0 Å². The number of benzene rings is 1. The van der Waals surface area contributed by atoms with Gasteiger partial charge in [0.2, 0.25) is 0 Å². The Morgan fingerprint density at radius 2 is 2.00 bits per heavy atom. The van der Waals surface area contributed by atoms with Gasteiger partial charge in [-0.2, -0.15) is 0 Å². The third-order valence-electron chi connectivity index (χ3n) is 5.23. The smallest absolute Gasteiger partial charge is 0.120 e. The molecule has 0 aliphatic heterocycles. The van der Waals surface area contributed by atoms with Crippen LogP contribution >= 0.6 is 0 Å². The zero-order valence-electron chi connectivity index (χ0n) is 11.3. The summed E-state index contributed by atoms with van der Waals surface area (Å²) in [6, 6.07) is 8.13. The molecule has 0 amide bonds. The molecule has 3 aliphatic rings. The Labute approximate surface area is 114 Å². The Kier molecular flexibility index (Phi) is 2.80. The largest absolute Gasteiger partial charge is 0.490 e. The second-order valence-electron chi connectivity index (χ2n) is 6.67. The molecule has 4 atom stereocenters. The lowest BCUT2D eigenvalue weighted by atomic mass is 9.82. The van der Waals surface area contributed by atoms with Crippen LogP contribution < -0.4 is 4.74 Å². The highest BCUT2D eigenvalue weighted by molar-refractivity contribution is 5.31. The summed E-state index contributed by atoms with van der Waals surface area (Å²) in [6.07, 6.45) is 7.77. The highest BCUT2D eigenvalue weighted by Gasteiger charge is 2.43. The maximum Gasteiger partial charge on any atom is 0.120 e. The van der Waals surface area contributed by atoms with E-state index in [2.05, 4.69) is 12.1 Å². The van der Waals surface area contributed by atoms with Crippen LogP contribution in [0.1, 0.15) is 50.2 Å². The SMILES string of the molecule is OC(c1cccc(OC2CC2)c1)C1CC2CCC1C2. The van der Waals surface area contributed by atoms with Crippen LogP contribution in [0, 0.1) is 17.8 Å². The van der Waals surface area contributed by atoms with Gasteiger partial charge in [-0.05, 0) is 67.6 Å². The van der Waals surface area contributed by atoms with Gasteiger partial charge in [-0.3, -0.25) is 0 Å². The minimum Gasteiger partial charge on any atom is -0.490 e. The monoisotopic (exact) mass is 258 g/mol. The van der Waals surface area contributed by atoms with Crippen molar-refractivity contribution in [1.29, 1.82) is 0 Å². The van der Waals surface area contributed by atoms with E-state index in [1.165, 1.54) is 38.5 Å². The Bertz CT molecular complexity index is 466. The molecule has 0 saturated heterocycles. The lowest BCUT2D eigenvalue weighted by molar-refractivity contribution is 0.0742. The molecule has 3 fully saturated rings. The van der Waals surface area contributed by atoms with Crippen molar-refractivity contribution in [3.8, 4) is 5.75 Å². The normalized spacial score (nSPS) is 34.5. The quantitative estimate of drug-likeness (QED) is 0.892. The summed E-state index contributed by atoms with van der Waals surface area (Å²) < 4.78 is 5.83. The molecule has 4 unspecified atom stereocenters. The summed E-state index contributed by atoms with van der Waals surface area (Å²) in [5.74, 6) is 3.06. The van der Waals surface area contributed by atoms with E-state index >= 15 is 0 Å². The van der Waals surface area contributed by atoms with Gasteiger partial charge in [0.1, 0.15) is 5.75 Å². The van der Waals surface area contributed by atoms with Crippen LogP contribution in [0.15, 0.2) is 24.3 Å². The first-order valence-electron chi connectivity index (χ1n) is 7.74. The fraction of sp³-hybridized carbons (Fsp3) is 0.647. The predicted octanol–water partition coefficient (Wildman–Crippen LogP) is 3.70. The van der Waals surface area contributed by atoms with Gasteiger partial charge in [0.05, 0.1) is 12.2 Å². The average Bonchev–Trinajstić information content (AvgIpc) is 3.01. The lowest BCUT2D eigenvalue weighted by Crippen LogP contribution is -2.19. The van der Waals surface area contributed by atoms with Crippen molar-refractivity contribution >= 4 is 0 Å². The van der Waals surface area contributed by atoms with E-state index in [1.807, 2.05) is 12.1 Å². The fourth-order valence-electron chi connectivity index (χ4n) is 4.08. The summed E-state index contributed by atoms with van der Waals surface area (Å²) in [5.41, 5.74) is 1.05. The molecule has 102 valence electrons. The third kappa shape index (κ3) is 2.27. The Hall–Kier alpha value is -1.02. The molecule has 0 heterocycles. The molecule has 3 aliphatic carbocycles. The van der Waals surface area contributed by atoms with E-state index in [9.17, 15) is 5.11 Å². The molecule has 3 saturated carbocycles.